The highest BCUT2D eigenvalue weighted by atomic mass is 15.1. The Labute approximate surface area is 76.1 Å². The molecule has 0 aliphatic rings. The maximum absolute atomic E-state index is 5.65. The number of nitrogens with zero attached hydrogens (tertiary/aromatic N) is 1. The van der Waals surface area contributed by atoms with E-state index < -0.39 is 0 Å². The van der Waals surface area contributed by atoms with Gasteiger partial charge in [-0.25, -0.2) is 0 Å². The molecule has 12 heavy (non-hydrogen) atoms. The van der Waals surface area contributed by atoms with Crippen LogP contribution in [0.15, 0.2) is 0 Å². The van der Waals surface area contributed by atoms with Crippen molar-refractivity contribution < 1.29 is 0 Å². The Bertz CT molecular complexity index is 135. The monoisotopic (exact) mass is 168 g/mol. The van der Waals surface area contributed by atoms with Crippen LogP contribution in [0, 0.1) is 12.3 Å². The molecule has 1 atom stereocenters. The molecule has 0 aromatic carbocycles. The highest BCUT2D eigenvalue weighted by Crippen LogP contribution is 1.95. The summed E-state index contributed by atoms with van der Waals surface area (Å²) in [5.41, 5.74) is 5.65. The molecule has 0 aliphatic heterocycles. The second-order valence-electron chi connectivity index (χ2n) is 3.25. The standard InChI is InChI=1S/C10H20N2/c1-4-7-12(8-5-2)9-6-10(3)11/h1,10H,5-9,11H2,2-3H3. The molecule has 0 aromatic rings. The van der Waals surface area contributed by atoms with Crippen LogP contribution in [0.25, 0.3) is 0 Å². The lowest BCUT2D eigenvalue weighted by molar-refractivity contribution is 0.296. The van der Waals surface area contributed by atoms with Gasteiger partial charge in [-0.05, 0) is 26.3 Å². The molecule has 0 radical (unpaired) electrons. The molecule has 0 amide bonds. The van der Waals surface area contributed by atoms with Crippen molar-refractivity contribution in [2.75, 3.05) is 19.6 Å². The summed E-state index contributed by atoms with van der Waals surface area (Å²) < 4.78 is 0. The van der Waals surface area contributed by atoms with Gasteiger partial charge in [0.05, 0.1) is 6.54 Å². The molecule has 0 heterocycles. The van der Waals surface area contributed by atoms with Crippen LogP contribution < -0.4 is 5.73 Å². The summed E-state index contributed by atoms with van der Waals surface area (Å²) in [6, 6.07) is 0.280. The summed E-state index contributed by atoms with van der Waals surface area (Å²) in [5, 5.41) is 0. The maximum Gasteiger partial charge on any atom is 0.0598 e. The summed E-state index contributed by atoms with van der Waals surface area (Å²) in [6.07, 6.45) is 7.43. The molecular weight excluding hydrogens is 148 g/mol. The Kier molecular flexibility index (Phi) is 6.84. The molecule has 0 rings (SSSR count). The number of nitrogens with two attached hydrogens (primary N) is 1. The van der Waals surface area contributed by atoms with Gasteiger partial charge in [0.15, 0.2) is 0 Å². The van der Waals surface area contributed by atoms with Crippen molar-refractivity contribution in [1.29, 1.82) is 0 Å². The third-order valence-corrected chi connectivity index (χ3v) is 1.76. The van der Waals surface area contributed by atoms with Gasteiger partial charge in [-0.15, -0.1) is 6.42 Å². The van der Waals surface area contributed by atoms with Crippen molar-refractivity contribution in [1.82, 2.24) is 4.90 Å². The zero-order chi connectivity index (χ0) is 9.40. The maximum atomic E-state index is 5.65. The van der Waals surface area contributed by atoms with Crippen LogP contribution in [0.1, 0.15) is 26.7 Å². The molecule has 2 heteroatoms. The molecule has 0 bridgehead atoms. The molecule has 1 unspecified atom stereocenters. The second-order valence-corrected chi connectivity index (χ2v) is 3.25. The van der Waals surface area contributed by atoms with Gasteiger partial charge < -0.3 is 5.73 Å². The summed E-state index contributed by atoms with van der Waals surface area (Å²) in [7, 11) is 0. The van der Waals surface area contributed by atoms with Crippen molar-refractivity contribution >= 4 is 0 Å². The minimum absolute atomic E-state index is 0.280. The highest BCUT2D eigenvalue weighted by molar-refractivity contribution is 4.88. The molecule has 2 nitrogen and oxygen atoms in total. The average molecular weight is 168 g/mol. The molecule has 0 spiro atoms. The second kappa shape index (κ2) is 7.15. The van der Waals surface area contributed by atoms with Crippen molar-refractivity contribution in [3.63, 3.8) is 0 Å². The van der Waals surface area contributed by atoms with Gasteiger partial charge in [-0.2, -0.15) is 0 Å². The fraction of sp³-hybridized carbons (Fsp3) is 0.800. The van der Waals surface area contributed by atoms with E-state index in [9.17, 15) is 0 Å². The van der Waals surface area contributed by atoms with E-state index in [1.807, 2.05) is 6.92 Å². The Hall–Kier alpha value is -0.520. The Morgan fingerprint density at radius 2 is 2.17 bits per heavy atom. The average Bonchev–Trinajstić information content (AvgIpc) is 2.01. The van der Waals surface area contributed by atoms with Crippen molar-refractivity contribution in [3.05, 3.63) is 0 Å². The van der Waals surface area contributed by atoms with Crippen LogP contribution in [0.4, 0.5) is 0 Å². The van der Waals surface area contributed by atoms with Gasteiger partial charge in [-0.1, -0.05) is 12.8 Å². The van der Waals surface area contributed by atoms with E-state index in [-0.39, 0.29) is 6.04 Å². The number of rotatable bonds is 6. The fourth-order valence-corrected chi connectivity index (χ4v) is 1.10. The van der Waals surface area contributed by atoms with Crippen molar-refractivity contribution in [3.8, 4) is 12.3 Å². The van der Waals surface area contributed by atoms with E-state index in [1.165, 1.54) is 0 Å². The van der Waals surface area contributed by atoms with E-state index in [2.05, 4.69) is 17.7 Å². The van der Waals surface area contributed by atoms with Crippen LogP contribution in [0.3, 0.4) is 0 Å². The first-order valence-electron chi connectivity index (χ1n) is 4.62. The van der Waals surface area contributed by atoms with Gasteiger partial charge in [0.25, 0.3) is 0 Å². The van der Waals surface area contributed by atoms with Crippen LogP contribution in [0.2, 0.25) is 0 Å². The quantitative estimate of drug-likeness (QED) is 0.601. The first-order valence-corrected chi connectivity index (χ1v) is 4.62. The van der Waals surface area contributed by atoms with E-state index >= 15 is 0 Å². The first-order chi connectivity index (χ1) is 5.70. The van der Waals surface area contributed by atoms with E-state index in [0.717, 1.165) is 32.5 Å². The summed E-state index contributed by atoms with van der Waals surface area (Å²) in [4.78, 5) is 2.27. The first kappa shape index (κ1) is 11.5. The minimum Gasteiger partial charge on any atom is -0.328 e. The SMILES string of the molecule is C#CCN(CCC)CCC(C)N. The number of hydrogen-bond donors (Lipinski definition) is 1. The number of terminal acetylenes is 1. The van der Waals surface area contributed by atoms with E-state index in [4.69, 9.17) is 12.2 Å². The lowest BCUT2D eigenvalue weighted by atomic mass is 10.2. The molecule has 2 N–H and O–H groups in total. The fourth-order valence-electron chi connectivity index (χ4n) is 1.10. The molecule has 0 aromatic heterocycles. The van der Waals surface area contributed by atoms with Gasteiger partial charge in [0.1, 0.15) is 0 Å². The zero-order valence-electron chi connectivity index (χ0n) is 8.21. The molecule has 0 saturated heterocycles. The van der Waals surface area contributed by atoms with Crippen molar-refractivity contribution in [2.45, 2.75) is 32.7 Å². The van der Waals surface area contributed by atoms with Gasteiger partial charge in [-0.3, -0.25) is 4.90 Å². The summed E-state index contributed by atoms with van der Waals surface area (Å²) in [5.74, 6) is 2.66. The minimum atomic E-state index is 0.280. The van der Waals surface area contributed by atoms with Crippen LogP contribution in [-0.2, 0) is 0 Å². The van der Waals surface area contributed by atoms with Crippen LogP contribution >= 0.6 is 0 Å². The van der Waals surface area contributed by atoms with Gasteiger partial charge in [0.2, 0.25) is 0 Å². The Balaban J connectivity index is 3.56. The van der Waals surface area contributed by atoms with Gasteiger partial charge >= 0.3 is 0 Å². The van der Waals surface area contributed by atoms with E-state index in [1.54, 1.807) is 0 Å². The third kappa shape index (κ3) is 6.21. The predicted molar refractivity (Wildman–Crippen MR) is 53.8 cm³/mol. The van der Waals surface area contributed by atoms with Gasteiger partial charge in [0, 0.05) is 12.6 Å². The van der Waals surface area contributed by atoms with Crippen LogP contribution in [0.5, 0.6) is 0 Å². The smallest absolute Gasteiger partial charge is 0.0598 e. The Morgan fingerprint density at radius 1 is 1.50 bits per heavy atom. The molecular formula is C10H20N2. The molecule has 0 saturated carbocycles. The molecule has 0 aliphatic carbocycles. The lowest BCUT2D eigenvalue weighted by Gasteiger charge is -2.19. The normalized spacial score (nSPS) is 12.9. The predicted octanol–water partition coefficient (Wildman–Crippen LogP) is 1.07. The topological polar surface area (TPSA) is 29.3 Å². The zero-order valence-corrected chi connectivity index (χ0v) is 8.21. The number of hydrogen-bond acceptors (Lipinski definition) is 2. The van der Waals surface area contributed by atoms with Crippen molar-refractivity contribution in [2.24, 2.45) is 5.73 Å². The third-order valence-electron chi connectivity index (χ3n) is 1.76. The molecule has 70 valence electrons. The summed E-state index contributed by atoms with van der Waals surface area (Å²) >= 11 is 0. The highest BCUT2D eigenvalue weighted by Gasteiger charge is 2.02. The largest absolute Gasteiger partial charge is 0.328 e. The van der Waals surface area contributed by atoms with Crippen LogP contribution in [-0.4, -0.2) is 30.6 Å². The summed E-state index contributed by atoms with van der Waals surface area (Å²) in [6.45, 7) is 7.04. The lowest BCUT2D eigenvalue weighted by Crippen LogP contribution is -2.30. The molecule has 0 fully saturated rings. The Morgan fingerprint density at radius 3 is 2.58 bits per heavy atom. The van der Waals surface area contributed by atoms with E-state index in [0.29, 0.717) is 0 Å².